The molecule has 2 aromatic carbocycles. The van der Waals surface area contributed by atoms with Gasteiger partial charge in [0.25, 0.3) is 0 Å². The van der Waals surface area contributed by atoms with Crippen LogP contribution in [0, 0.1) is 31.9 Å². The van der Waals surface area contributed by atoms with E-state index in [0.29, 0.717) is 0 Å². The first kappa shape index (κ1) is 22.6. The molecule has 0 unspecified atom stereocenters. The van der Waals surface area contributed by atoms with Gasteiger partial charge in [-0.1, -0.05) is 0 Å². The molecule has 0 aromatic heterocycles. The van der Waals surface area contributed by atoms with Crippen LogP contribution < -0.4 is 9.47 Å². The van der Waals surface area contributed by atoms with Crippen molar-refractivity contribution >= 4 is 11.4 Å². The zero-order valence-electron chi connectivity index (χ0n) is 13.7. The van der Waals surface area contributed by atoms with Crippen molar-refractivity contribution in [2.45, 2.75) is 12.7 Å². The van der Waals surface area contributed by atoms with Crippen molar-refractivity contribution in [1.29, 1.82) is 0 Å². The van der Waals surface area contributed by atoms with Crippen LogP contribution in [0.1, 0.15) is 0 Å². The number of halogens is 8. The van der Waals surface area contributed by atoms with Gasteiger partial charge in [0.05, 0.1) is 22.0 Å². The number of nitro groups is 2. The molecule has 162 valence electrons. The number of benzene rings is 2. The zero-order chi connectivity index (χ0) is 23.0. The van der Waals surface area contributed by atoms with Gasteiger partial charge in [-0.25, -0.2) is 0 Å². The largest absolute Gasteiger partial charge is 0.573 e. The van der Waals surface area contributed by atoms with Crippen molar-refractivity contribution in [2.24, 2.45) is 0 Å². The van der Waals surface area contributed by atoms with Gasteiger partial charge in [-0.2, -0.15) is 8.78 Å². The second kappa shape index (κ2) is 7.60. The van der Waals surface area contributed by atoms with E-state index in [9.17, 15) is 55.4 Å². The molecule has 0 amide bonds. The van der Waals surface area contributed by atoms with Gasteiger partial charge in [0, 0.05) is 11.1 Å². The van der Waals surface area contributed by atoms with Crippen LogP contribution in [0.5, 0.6) is 11.5 Å². The number of ether oxygens (including phenoxy) is 2. The minimum absolute atomic E-state index is 0.0386. The highest BCUT2D eigenvalue weighted by Gasteiger charge is 2.37. The Hall–Kier alpha value is -3.72. The summed E-state index contributed by atoms with van der Waals surface area (Å²) in [7, 11) is 0. The molecule has 0 aliphatic rings. The molecule has 0 spiro atoms. The van der Waals surface area contributed by atoms with Crippen molar-refractivity contribution < 1.29 is 54.4 Å². The summed E-state index contributed by atoms with van der Waals surface area (Å²) in [5.74, 6) is -6.81. The van der Waals surface area contributed by atoms with Gasteiger partial charge >= 0.3 is 24.1 Å². The number of hydrogen-bond donors (Lipinski definition) is 0. The Morgan fingerprint density at radius 1 is 0.667 bits per heavy atom. The first-order valence-electron chi connectivity index (χ1n) is 7.07. The van der Waals surface area contributed by atoms with E-state index in [2.05, 4.69) is 9.47 Å². The molecule has 16 heteroatoms. The molecule has 30 heavy (non-hydrogen) atoms. The standard InChI is InChI=1S/C14H4F8N2O6/c15-7-1-5(11(29-13(17,18)19)3-9(7)23(25)26)6-2-8(16)10(24(27)28)4-12(6)30-14(20,21)22/h1-4H. The van der Waals surface area contributed by atoms with E-state index < -0.39 is 68.2 Å². The molecule has 0 aliphatic heterocycles. The van der Waals surface area contributed by atoms with Crippen molar-refractivity contribution in [2.75, 3.05) is 0 Å². The number of nitrogens with zero attached hydrogens (tertiary/aromatic N) is 2. The Kier molecular flexibility index (Phi) is 5.72. The van der Waals surface area contributed by atoms with Crippen molar-refractivity contribution in [3.8, 4) is 22.6 Å². The molecule has 0 aliphatic carbocycles. The molecule has 0 saturated heterocycles. The maximum Gasteiger partial charge on any atom is 0.573 e. The van der Waals surface area contributed by atoms with Gasteiger partial charge in [-0.05, 0) is 12.1 Å². The van der Waals surface area contributed by atoms with E-state index >= 15 is 0 Å². The van der Waals surface area contributed by atoms with E-state index in [-0.39, 0.29) is 24.3 Å². The summed E-state index contributed by atoms with van der Waals surface area (Å²) in [5, 5.41) is 21.5. The molecular weight excluding hydrogens is 444 g/mol. The lowest BCUT2D eigenvalue weighted by molar-refractivity contribution is -0.387. The van der Waals surface area contributed by atoms with Crippen molar-refractivity contribution in [1.82, 2.24) is 0 Å². The quantitative estimate of drug-likeness (QED) is 0.352. The molecule has 8 nitrogen and oxygen atoms in total. The van der Waals surface area contributed by atoms with Crippen LogP contribution in [0.25, 0.3) is 11.1 Å². The predicted octanol–water partition coefficient (Wildman–Crippen LogP) is 5.25. The van der Waals surface area contributed by atoms with Crippen LogP contribution >= 0.6 is 0 Å². The molecule has 0 saturated carbocycles. The van der Waals surface area contributed by atoms with Crippen LogP contribution in [0.2, 0.25) is 0 Å². The normalized spacial score (nSPS) is 11.9. The van der Waals surface area contributed by atoms with Crippen LogP contribution in [0.3, 0.4) is 0 Å². The van der Waals surface area contributed by atoms with E-state index in [1.54, 1.807) is 0 Å². The first-order valence-corrected chi connectivity index (χ1v) is 7.07. The Bertz CT molecular complexity index is 939. The summed E-state index contributed by atoms with van der Waals surface area (Å²) in [5.41, 5.74) is -5.61. The highest BCUT2D eigenvalue weighted by molar-refractivity contribution is 5.78. The molecule has 0 radical (unpaired) electrons. The Balaban J connectivity index is 2.86. The van der Waals surface area contributed by atoms with Gasteiger partial charge in [-0.3, -0.25) is 20.2 Å². The number of rotatable bonds is 5. The molecule has 0 atom stereocenters. The lowest BCUT2D eigenvalue weighted by atomic mass is 10.0. The topological polar surface area (TPSA) is 105 Å². The zero-order valence-corrected chi connectivity index (χ0v) is 13.7. The average Bonchev–Trinajstić information content (AvgIpc) is 2.54. The molecule has 2 aromatic rings. The van der Waals surface area contributed by atoms with Crippen LogP contribution in [0.4, 0.5) is 46.5 Å². The van der Waals surface area contributed by atoms with E-state index in [1.807, 2.05) is 0 Å². The molecule has 0 heterocycles. The summed E-state index contributed by atoms with van der Waals surface area (Å²) in [6, 6.07) is -0.282. The minimum Gasteiger partial charge on any atom is -0.405 e. The van der Waals surface area contributed by atoms with Crippen molar-refractivity contribution in [3.63, 3.8) is 0 Å². The monoisotopic (exact) mass is 448 g/mol. The highest BCUT2D eigenvalue weighted by Crippen LogP contribution is 2.44. The molecule has 0 N–H and O–H groups in total. The maximum atomic E-state index is 13.9. The third-order valence-corrected chi connectivity index (χ3v) is 3.23. The summed E-state index contributed by atoms with van der Waals surface area (Å²) >= 11 is 0. The molecule has 0 bridgehead atoms. The van der Waals surface area contributed by atoms with Gasteiger partial charge in [-0.15, -0.1) is 26.3 Å². The predicted molar refractivity (Wildman–Crippen MR) is 78.5 cm³/mol. The Morgan fingerprint density at radius 3 is 1.20 bits per heavy atom. The van der Waals surface area contributed by atoms with Crippen LogP contribution in [0.15, 0.2) is 24.3 Å². The van der Waals surface area contributed by atoms with Crippen LogP contribution in [-0.2, 0) is 0 Å². The number of nitro benzene ring substituents is 2. The fourth-order valence-corrected chi connectivity index (χ4v) is 2.20. The second-order valence-corrected chi connectivity index (χ2v) is 5.21. The first-order chi connectivity index (χ1) is 13.6. The summed E-state index contributed by atoms with van der Waals surface area (Å²) in [6.45, 7) is 0. The molecule has 2 rings (SSSR count). The summed E-state index contributed by atoms with van der Waals surface area (Å²) in [6.07, 6.45) is -11.1. The van der Waals surface area contributed by atoms with E-state index in [0.717, 1.165) is 0 Å². The summed E-state index contributed by atoms with van der Waals surface area (Å²) in [4.78, 5) is 18.6. The van der Waals surface area contributed by atoms with Crippen LogP contribution in [-0.4, -0.2) is 22.6 Å². The van der Waals surface area contributed by atoms with Gasteiger partial charge < -0.3 is 9.47 Å². The molecular formula is C14H4F8N2O6. The third-order valence-electron chi connectivity index (χ3n) is 3.23. The lowest BCUT2D eigenvalue weighted by Crippen LogP contribution is -2.19. The smallest absolute Gasteiger partial charge is 0.405 e. The van der Waals surface area contributed by atoms with Gasteiger partial charge in [0.1, 0.15) is 11.5 Å². The van der Waals surface area contributed by atoms with E-state index in [1.165, 1.54) is 0 Å². The second-order valence-electron chi connectivity index (χ2n) is 5.21. The highest BCUT2D eigenvalue weighted by atomic mass is 19.4. The fourth-order valence-electron chi connectivity index (χ4n) is 2.20. The Labute approximate surface area is 158 Å². The number of alkyl halides is 6. The van der Waals surface area contributed by atoms with Gasteiger partial charge in [0.15, 0.2) is 0 Å². The number of hydrogen-bond acceptors (Lipinski definition) is 6. The average molecular weight is 448 g/mol. The van der Waals surface area contributed by atoms with Gasteiger partial charge in [0.2, 0.25) is 11.6 Å². The summed E-state index contributed by atoms with van der Waals surface area (Å²) < 4.78 is 111. The maximum absolute atomic E-state index is 13.9. The van der Waals surface area contributed by atoms with E-state index in [4.69, 9.17) is 0 Å². The SMILES string of the molecule is O=[N+]([O-])c1cc(OC(F)(F)F)c(-c2cc(F)c([N+](=O)[O-])cc2OC(F)(F)F)cc1F. The lowest BCUT2D eigenvalue weighted by Gasteiger charge is -2.17. The third kappa shape index (κ3) is 5.21. The van der Waals surface area contributed by atoms with Crippen molar-refractivity contribution in [3.05, 3.63) is 56.1 Å². The Morgan fingerprint density at radius 2 is 0.967 bits per heavy atom. The molecule has 0 fully saturated rings. The minimum atomic E-state index is -5.55. The fraction of sp³-hybridized carbons (Fsp3) is 0.143.